The molecule has 1 aliphatic rings. The molecule has 6 heteroatoms. The fraction of sp³-hybridized carbons (Fsp3) is 0.238. The average Bonchev–Trinajstić information content (AvgIpc) is 3.03. The van der Waals surface area contributed by atoms with Gasteiger partial charge in [0.15, 0.2) is 0 Å². The number of anilines is 1. The van der Waals surface area contributed by atoms with Crippen molar-refractivity contribution in [2.75, 3.05) is 18.0 Å². The SMILES string of the molecule is CCc1cc(N2CCN(Cc3cccc(F)c3)C2=O)ccc1/C(C=N)=C/N. The van der Waals surface area contributed by atoms with Crippen molar-refractivity contribution in [2.45, 2.75) is 19.9 Å². The van der Waals surface area contributed by atoms with Crippen LogP contribution in [-0.4, -0.2) is 30.2 Å². The number of benzene rings is 2. The molecule has 1 heterocycles. The first-order chi connectivity index (χ1) is 13.1. The Morgan fingerprint density at radius 3 is 2.74 bits per heavy atom. The smallest absolute Gasteiger partial charge is 0.324 e. The summed E-state index contributed by atoms with van der Waals surface area (Å²) in [6.07, 6.45) is 3.42. The highest BCUT2D eigenvalue weighted by atomic mass is 19.1. The van der Waals surface area contributed by atoms with Crippen LogP contribution in [0, 0.1) is 11.2 Å². The number of nitrogens with two attached hydrogens (primary N) is 1. The van der Waals surface area contributed by atoms with Crippen LogP contribution >= 0.6 is 0 Å². The third-order valence-electron chi connectivity index (χ3n) is 4.78. The summed E-state index contributed by atoms with van der Waals surface area (Å²) in [6, 6.07) is 12.0. The van der Waals surface area contributed by atoms with Gasteiger partial charge in [0.1, 0.15) is 5.82 Å². The van der Waals surface area contributed by atoms with Crippen molar-refractivity contribution in [1.82, 2.24) is 4.90 Å². The molecular formula is C21H23FN4O. The van der Waals surface area contributed by atoms with Crippen molar-refractivity contribution in [3.63, 3.8) is 0 Å². The van der Waals surface area contributed by atoms with Crippen LogP contribution in [0.5, 0.6) is 0 Å². The van der Waals surface area contributed by atoms with Crippen molar-refractivity contribution in [2.24, 2.45) is 5.73 Å². The lowest BCUT2D eigenvalue weighted by Crippen LogP contribution is -2.31. The molecule has 3 rings (SSSR count). The minimum Gasteiger partial charge on any atom is -0.404 e. The number of carbonyl (C=O) groups is 1. The molecule has 0 spiro atoms. The number of hydrogen-bond donors (Lipinski definition) is 2. The van der Waals surface area contributed by atoms with E-state index in [4.69, 9.17) is 11.1 Å². The van der Waals surface area contributed by atoms with Gasteiger partial charge in [-0.25, -0.2) is 9.18 Å². The molecule has 0 aliphatic carbocycles. The third kappa shape index (κ3) is 3.84. The zero-order valence-electron chi connectivity index (χ0n) is 15.3. The van der Waals surface area contributed by atoms with Crippen molar-refractivity contribution < 1.29 is 9.18 Å². The molecule has 0 unspecified atom stereocenters. The van der Waals surface area contributed by atoms with Crippen LogP contribution in [0.25, 0.3) is 5.57 Å². The number of nitrogens with zero attached hydrogens (tertiary/aromatic N) is 2. The first-order valence-corrected chi connectivity index (χ1v) is 8.94. The van der Waals surface area contributed by atoms with Crippen LogP contribution in [0.4, 0.5) is 14.9 Å². The fourth-order valence-electron chi connectivity index (χ4n) is 3.36. The highest BCUT2D eigenvalue weighted by molar-refractivity contribution is 6.09. The number of amides is 2. The lowest BCUT2D eigenvalue weighted by molar-refractivity contribution is 0.218. The molecule has 0 atom stereocenters. The lowest BCUT2D eigenvalue weighted by Gasteiger charge is -2.20. The average molecular weight is 366 g/mol. The Hall–Kier alpha value is -3.15. The molecular weight excluding hydrogens is 343 g/mol. The number of carbonyl (C=O) groups excluding carboxylic acids is 1. The fourth-order valence-corrected chi connectivity index (χ4v) is 3.36. The van der Waals surface area contributed by atoms with Crippen LogP contribution in [0.1, 0.15) is 23.6 Å². The van der Waals surface area contributed by atoms with E-state index in [0.29, 0.717) is 25.2 Å². The second-order valence-corrected chi connectivity index (χ2v) is 6.45. The Morgan fingerprint density at radius 1 is 1.26 bits per heavy atom. The highest BCUT2D eigenvalue weighted by Crippen LogP contribution is 2.27. The van der Waals surface area contributed by atoms with E-state index in [1.165, 1.54) is 24.5 Å². The summed E-state index contributed by atoms with van der Waals surface area (Å²) in [4.78, 5) is 16.3. The van der Waals surface area contributed by atoms with E-state index < -0.39 is 0 Å². The molecule has 5 nitrogen and oxygen atoms in total. The van der Waals surface area contributed by atoms with Crippen LogP contribution in [-0.2, 0) is 13.0 Å². The Morgan fingerprint density at radius 2 is 2.07 bits per heavy atom. The van der Waals surface area contributed by atoms with Crippen molar-refractivity contribution >= 4 is 23.5 Å². The number of nitrogens with one attached hydrogen (secondary N) is 1. The summed E-state index contributed by atoms with van der Waals surface area (Å²) in [6.45, 7) is 3.59. The van der Waals surface area contributed by atoms with E-state index in [-0.39, 0.29) is 11.8 Å². The number of aryl methyl sites for hydroxylation is 1. The van der Waals surface area contributed by atoms with Gasteiger partial charge in [0.05, 0.1) is 0 Å². The maximum absolute atomic E-state index is 13.4. The number of urea groups is 1. The standard InChI is InChI=1S/C21H23FN4O/c1-2-16-11-19(6-7-20(16)17(12-23)13-24)26-9-8-25(21(26)27)14-15-4-3-5-18(22)10-15/h3-7,10-13,23H,2,8-9,14,24H2,1H3/b17-13+,23-12?. The van der Waals surface area contributed by atoms with Crippen LogP contribution in [0.2, 0.25) is 0 Å². The van der Waals surface area contributed by atoms with E-state index in [1.54, 1.807) is 15.9 Å². The summed E-state index contributed by atoms with van der Waals surface area (Å²) in [7, 11) is 0. The molecule has 0 radical (unpaired) electrons. The van der Waals surface area contributed by atoms with Gasteiger partial charge in [-0.15, -0.1) is 0 Å². The first-order valence-electron chi connectivity index (χ1n) is 8.94. The maximum Gasteiger partial charge on any atom is 0.324 e. The van der Waals surface area contributed by atoms with Gasteiger partial charge in [-0.1, -0.05) is 25.1 Å². The summed E-state index contributed by atoms with van der Waals surface area (Å²) < 4.78 is 13.4. The van der Waals surface area contributed by atoms with Gasteiger partial charge in [0, 0.05) is 43.3 Å². The first kappa shape index (κ1) is 18.6. The molecule has 2 amide bonds. The molecule has 1 saturated heterocycles. The normalized spacial score (nSPS) is 14.7. The van der Waals surface area contributed by atoms with Gasteiger partial charge in [0.25, 0.3) is 0 Å². The Bertz CT molecular complexity index is 894. The number of hydrogen-bond acceptors (Lipinski definition) is 3. The van der Waals surface area contributed by atoms with Gasteiger partial charge in [-0.05, 0) is 47.4 Å². The van der Waals surface area contributed by atoms with E-state index >= 15 is 0 Å². The van der Waals surface area contributed by atoms with Gasteiger partial charge >= 0.3 is 6.03 Å². The van der Waals surface area contributed by atoms with Crippen LogP contribution in [0.3, 0.4) is 0 Å². The van der Waals surface area contributed by atoms with Crippen molar-refractivity contribution in [3.05, 3.63) is 71.2 Å². The predicted molar refractivity (Wildman–Crippen MR) is 106 cm³/mol. The number of rotatable bonds is 6. The highest BCUT2D eigenvalue weighted by Gasteiger charge is 2.29. The molecule has 27 heavy (non-hydrogen) atoms. The molecule has 140 valence electrons. The summed E-state index contributed by atoms with van der Waals surface area (Å²) >= 11 is 0. The molecule has 2 aromatic rings. The quantitative estimate of drug-likeness (QED) is 0.764. The van der Waals surface area contributed by atoms with Crippen molar-refractivity contribution in [3.8, 4) is 0 Å². The summed E-state index contributed by atoms with van der Waals surface area (Å²) in [5, 5.41) is 7.50. The Balaban J connectivity index is 1.81. The summed E-state index contributed by atoms with van der Waals surface area (Å²) in [5.74, 6) is -0.297. The van der Waals surface area contributed by atoms with E-state index in [2.05, 4.69) is 0 Å². The zero-order valence-corrected chi connectivity index (χ0v) is 15.3. The monoisotopic (exact) mass is 366 g/mol. The largest absolute Gasteiger partial charge is 0.404 e. The minimum atomic E-state index is -0.297. The van der Waals surface area contributed by atoms with Crippen LogP contribution in [0.15, 0.2) is 48.7 Å². The molecule has 0 saturated carbocycles. The van der Waals surface area contributed by atoms with E-state index in [0.717, 1.165) is 28.8 Å². The second kappa shape index (κ2) is 8.03. The predicted octanol–water partition coefficient (Wildman–Crippen LogP) is 3.78. The van der Waals surface area contributed by atoms with Gasteiger partial charge in [0.2, 0.25) is 0 Å². The minimum absolute atomic E-state index is 0.0873. The van der Waals surface area contributed by atoms with E-state index in [9.17, 15) is 9.18 Å². The Labute approximate surface area is 158 Å². The summed E-state index contributed by atoms with van der Waals surface area (Å²) in [5.41, 5.74) is 9.80. The molecule has 1 fully saturated rings. The van der Waals surface area contributed by atoms with Gasteiger partial charge < -0.3 is 16.0 Å². The van der Waals surface area contributed by atoms with E-state index in [1.807, 2.05) is 31.2 Å². The molecule has 0 aromatic heterocycles. The van der Waals surface area contributed by atoms with Crippen LogP contribution < -0.4 is 10.6 Å². The second-order valence-electron chi connectivity index (χ2n) is 6.45. The molecule has 2 aromatic carbocycles. The lowest BCUT2D eigenvalue weighted by atomic mass is 9.98. The number of allylic oxidation sites excluding steroid dienone is 1. The molecule has 1 aliphatic heterocycles. The van der Waals surface area contributed by atoms with Gasteiger partial charge in [-0.2, -0.15) is 0 Å². The molecule has 3 N–H and O–H groups in total. The van der Waals surface area contributed by atoms with Crippen molar-refractivity contribution in [1.29, 1.82) is 5.41 Å². The topological polar surface area (TPSA) is 73.4 Å². The number of halogens is 1. The van der Waals surface area contributed by atoms with Gasteiger partial charge in [-0.3, -0.25) is 4.90 Å². The third-order valence-corrected chi connectivity index (χ3v) is 4.78. The maximum atomic E-state index is 13.4. The zero-order chi connectivity index (χ0) is 19.4. The Kier molecular flexibility index (Phi) is 5.54. The molecule has 0 bridgehead atoms.